The van der Waals surface area contributed by atoms with E-state index in [1.54, 1.807) is 10.6 Å². The Labute approximate surface area is 177 Å². The fourth-order valence-electron chi connectivity index (χ4n) is 4.35. The molecule has 0 aliphatic carbocycles. The van der Waals surface area contributed by atoms with Gasteiger partial charge in [-0.15, -0.1) is 11.8 Å². The molecule has 0 spiro atoms. The number of rotatable bonds is 8. The van der Waals surface area contributed by atoms with Crippen molar-refractivity contribution in [2.75, 3.05) is 18.8 Å². The number of amides is 1. The van der Waals surface area contributed by atoms with E-state index in [1.165, 1.54) is 31.0 Å². The molecule has 6 heteroatoms. The predicted molar refractivity (Wildman–Crippen MR) is 122 cm³/mol. The van der Waals surface area contributed by atoms with Gasteiger partial charge in [-0.2, -0.15) is 0 Å². The third-order valence-electron chi connectivity index (χ3n) is 5.95. The first kappa shape index (κ1) is 21.9. The summed E-state index contributed by atoms with van der Waals surface area (Å²) in [5.41, 5.74) is 0.911. The Hall–Kier alpha value is -1.79. The number of carbonyl (C=O) groups excluding carboxylic acids is 1. The Balaban J connectivity index is 1.50. The molecule has 1 aromatic heterocycles. The lowest BCUT2D eigenvalue weighted by Crippen LogP contribution is -2.44. The number of hydrogen-bond acceptors (Lipinski definition) is 4. The molecule has 2 heterocycles. The number of likely N-dealkylation sites (tertiary alicyclic amines) is 1. The number of thioether (sulfide) groups is 1. The van der Waals surface area contributed by atoms with Crippen molar-refractivity contribution in [1.82, 2.24) is 14.8 Å². The highest BCUT2D eigenvalue weighted by Crippen LogP contribution is 2.26. The van der Waals surface area contributed by atoms with E-state index in [-0.39, 0.29) is 11.5 Å². The van der Waals surface area contributed by atoms with Gasteiger partial charge in [-0.05, 0) is 46.1 Å². The van der Waals surface area contributed by atoms with Gasteiger partial charge in [-0.25, -0.2) is 0 Å². The molecule has 1 amide bonds. The van der Waals surface area contributed by atoms with E-state index in [4.69, 9.17) is 0 Å². The van der Waals surface area contributed by atoms with Gasteiger partial charge >= 0.3 is 0 Å². The number of fused-ring (bicyclic) bond motifs is 1. The van der Waals surface area contributed by atoms with Crippen LogP contribution in [0.2, 0.25) is 0 Å². The molecule has 2 aromatic rings. The summed E-state index contributed by atoms with van der Waals surface area (Å²) in [6.45, 7) is 8.96. The number of pyridine rings is 1. The van der Waals surface area contributed by atoms with Crippen molar-refractivity contribution in [2.24, 2.45) is 0 Å². The monoisotopic (exact) mass is 415 g/mol. The number of aryl methyl sites for hydroxylation is 1. The van der Waals surface area contributed by atoms with Crippen LogP contribution in [0.15, 0.2) is 40.0 Å². The molecule has 1 fully saturated rings. The number of nitrogens with zero attached hydrogens (tertiary/aromatic N) is 2. The average Bonchev–Trinajstić information content (AvgIpc) is 2.71. The quantitative estimate of drug-likeness (QED) is 0.525. The third kappa shape index (κ3) is 5.43. The second kappa shape index (κ2) is 10.3. The van der Waals surface area contributed by atoms with Crippen molar-refractivity contribution >= 4 is 28.6 Å². The van der Waals surface area contributed by atoms with E-state index in [0.717, 1.165) is 28.8 Å². The van der Waals surface area contributed by atoms with Gasteiger partial charge in [0.1, 0.15) is 0 Å². The predicted octanol–water partition coefficient (Wildman–Crippen LogP) is 3.88. The molecule has 0 radical (unpaired) electrons. The van der Waals surface area contributed by atoms with E-state index in [0.29, 0.717) is 30.9 Å². The highest BCUT2D eigenvalue weighted by molar-refractivity contribution is 8.00. The molecule has 1 aliphatic heterocycles. The van der Waals surface area contributed by atoms with Crippen LogP contribution in [-0.2, 0) is 11.3 Å². The topological polar surface area (TPSA) is 54.3 Å². The SMILES string of the molecule is CCn1c(=O)cc(SCC(=O)NCCCN2[C@H](C)CCC[C@H]2C)c2ccccc21. The molecule has 2 atom stereocenters. The fraction of sp³-hybridized carbons (Fsp3) is 0.565. The standard InChI is InChI=1S/C23H33N3O2S/c1-4-25-20-12-6-5-11-19(20)21(15-23(25)28)29-16-22(27)24-13-8-14-26-17(2)9-7-10-18(26)3/h5-6,11-12,15,17-18H,4,7-10,13-14,16H2,1-3H3,(H,24,27)/t17-,18-/m1/s1. The summed E-state index contributed by atoms with van der Waals surface area (Å²) in [6.07, 6.45) is 4.85. The second-order valence-electron chi connectivity index (χ2n) is 7.97. The highest BCUT2D eigenvalue weighted by atomic mass is 32.2. The first-order chi connectivity index (χ1) is 14.0. The van der Waals surface area contributed by atoms with Crippen LogP contribution < -0.4 is 10.9 Å². The Kier molecular flexibility index (Phi) is 7.78. The van der Waals surface area contributed by atoms with E-state index in [9.17, 15) is 9.59 Å². The van der Waals surface area contributed by atoms with Gasteiger partial charge in [-0.1, -0.05) is 24.6 Å². The molecular weight excluding hydrogens is 382 g/mol. The van der Waals surface area contributed by atoms with Crippen molar-refractivity contribution in [2.45, 2.75) is 70.0 Å². The molecule has 158 valence electrons. The molecule has 0 unspecified atom stereocenters. The van der Waals surface area contributed by atoms with Gasteiger partial charge < -0.3 is 9.88 Å². The minimum Gasteiger partial charge on any atom is -0.355 e. The smallest absolute Gasteiger partial charge is 0.252 e. The molecule has 0 bridgehead atoms. The van der Waals surface area contributed by atoms with E-state index >= 15 is 0 Å². The maximum absolute atomic E-state index is 12.4. The highest BCUT2D eigenvalue weighted by Gasteiger charge is 2.23. The van der Waals surface area contributed by atoms with Gasteiger partial charge in [0, 0.05) is 48.1 Å². The number of aromatic nitrogens is 1. The van der Waals surface area contributed by atoms with E-state index < -0.39 is 0 Å². The molecule has 1 N–H and O–H groups in total. The zero-order chi connectivity index (χ0) is 20.8. The number of benzene rings is 1. The molecule has 3 rings (SSSR count). The third-order valence-corrected chi connectivity index (χ3v) is 7.00. The average molecular weight is 416 g/mol. The number of piperidine rings is 1. The lowest BCUT2D eigenvalue weighted by atomic mass is 9.97. The molecule has 0 saturated carbocycles. The maximum Gasteiger partial charge on any atom is 0.252 e. The number of para-hydroxylation sites is 1. The van der Waals surface area contributed by atoms with Crippen LogP contribution in [0.1, 0.15) is 46.5 Å². The second-order valence-corrected chi connectivity index (χ2v) is 8.98. The van der Waals surface area contributed by atoms with Crippen molar-refractivity contribution in [1.29, 1.82) is 0 Å². The van der Waals surface area contributed by atoms with Crippen LogP contribution in [0.5, 0.6) is 0 Å². The summed E-state index contributed by atoms with van der Waals surface area (Å²) in [7, 11) is 0. The lowest BCUT2D eigenvalue weighted by molar-refractivity contribution is -0.118. The first-order valence-corrected chi connectivity index (χ1v) is 11.8. The van der Waals surface area contributed by atoms with E-state index in [1.807, 2.05) is 31.2 Å². The Morgan fingerprint density at radius 2 is 1.93 bits per heavy atom. The molecule has 1 saturated heterocycles. The molecular formula is C23H33N3O2S. The lowest BCUT2D eigenvalue weighted by Gasteiger charge is -2.39. The minimum atomic E-state index is -0.0149. The summed E-state index contributed by atoms with van der Waals surface area (Å²) in [4.78, 5) is 28.1. The first-order valence-electron chi connectivity index (χ1n) is 10.8. The normalized spacial score (nSPS) is 20.1. The number of hydrogen-bond donors (Lipinski definition) is 1. The summed E-state index contributed by atoms with van der Waals surface area (Å²) in [5.74, 6) is 0.356. The molecule has 1 aromatic carbocycles. The van der Waals surface area contributed by atoms with Crippen molar-refractivity contribution < 1.29 is 4.79 Å². The van der Waals surface area contributed by atoms with Gasteiger partial charge in [0.2, 0.25) is 5.91 Å². The van der Waals surface area contributed by atoms with Crippen LogP contribution in [0.25, 0.3) is 10.9 Å². The summed E-state index contributed by atoms with van der Waals surface area (Å²) < 4.78 is 1.77. The van der Waals surface area contributed by atoms with Gasteiger partial charge in [0.15, 0.2) is 0 Å². The zero-order valence-electron chi connectivity index (χ0n) is 17.8. The van der Waals surface area contributed by atoms with Crippen LogP contribution in [0.4, 0.5) is 0 Å². The number of carbonyl (C=O) groups is 1. The molecule has 5 nitrogen and oxygen atoms in total. The van der Waals surface area contributed by atoms with Crippen LogP contribution in [0, 0.1) is 0 Å². The van der Waals surface area contributed by atoms with Crippen LogP contribution in [-0.4, -0.2) is 46.3 Å². The van der Waals surface area contributed by atoms with Crippen molar-refractivity contribution in [3.05, 3.63) is 40.7 Å². The van der Waals surface area contributed by atoms with Crippen molar-refractivity contribution in [3.63, 3.8) is 0 Å². The van der Waals surface area contributed by atoms with Gasteiger partial charge in [-0.3, -0.25) is 14.5 Å². The Morgan fingerprint density at radius 1 is 1.21 bits per heavy atom. The van der Waals surface area contributed by atoms with Crippen molar-refractivity contribution in [3.8, 4) is 0 Å². The summed E-state index contributed by atoms with van der Waals surface area (Å²) in [6, 6.07) is 10.8. The van der Waals surface area contributed by atoms with Gasteiger partial charge in [0.25, 0.3) is 5.56 Å². The molecule has 1 aliphatic rings. The Morgan fingerprint density at radius 3 is 2.66 bits per heavy atom. The summed E-state index contributed by atoms with van der Waals surface area (Å²) in [5, 5.41) is 4.07. The fourth-order valence-corrected chi connectivity index (χ4v) is 5.25. The zero-order valence-corrected chi connectivity index (χ0v) is 18.6. The molecule has 29 heavy (non-hydrogen) atoms. The van der Waals surface area contributed by atoms with E-state index in [2.05, 4.69) is 24.1 Å². The Bertz CT molecular complexity index is 885. The largest absolute Gasteiger partial charge is 0.355 e. The van der Waals surface area contributed by atoms with Gasteiger partial charge in [0.05, 0.1) is 11.3 Å². The summed E-state index contributed by atoms with van der Waals surface area (Å²) >= 11 is 1.44. The van der Waals surface area contributed by atoms with Crippen LogP contribution >= 0.6 is 11.8 Å². The van der Waals surface area contributed by atoms with Crippen LogP contribution in [0.3, 0.4) is 0 Å². The number of nitrogens with one attached hydrogen (secondary N) is 1. The maximum atomic E-state index is 12.4. The minimum absolute atomic E-state index is 0.0149.